The van der Waals surface area contributed by atoms with E-state index in [1.54, 1.807) is 0 Å². The van der Waals surface area contributed by atoms with Gasteiger partial charge in [-0.3, -0.25) is 11.7 Å². The Kier molecular flexibility index (Phi) is 3.68. The van der Waals surface area contributed by atoms with Gasteiger partial charge in [-0.15, -0.1) is 12.4 Å². The van der Waals surface area contributed by atoms with Crippen molar-refractivity contribution in [3.63, 3.8) is 0 Å². The smallest absolute Gasteiger partial charge is 0.0484 e. The van der Waals surface area contributed by atoms with E-state index in [-0.39, 0.29) is 12.4 Å². The van der Waals surface area contributed by atoms with Gasteiger partial charge in [0.1, 0.15) is 0 Å². The Morgan fingerprint density at radius 1 is 1.20 bits per heavy atom. The average Bonchev–Trinajstić information content (AvgIpc) is 2.61. The monoisotopic (exact) mass is 178 g/mol. The Balaban J connectivity index is 0.000000251. The van der Waals surface area contributed by atoms with Gasteiger partial charge in [-0.05, 0) is 17.7 Å². The molecule has 0 saturated heterocycles. The second-order valence-electron chi connectivity index (χ2n) is 1.69. The molecule has 2 aliphatic carbocycles. The van der Waals surface area contributed by atoms with Crippen LogP contribution in [0.2, 0.25) is 5.02 Å². The number of hydrogen-bond donors (Lipinski definition) is 2. The zero-order chi connectivity index (χ0) is 6.85. The molecule has 0 aromatic carbocycles. The van der Waals surface area contributed by atoms with Crippen LogP contribution < -0.4 is 11.7 Å². The molecule has 0 aromatic heterocycles. The number of rotatable bonds is 0. The van der Waals surface area contributed by atoms with E-state index < -0.39 is 0 Å². The molecule has 0 atom stereocenters. The second kappa shape index (κ2) is 3.78. The van der Waals surface area contributed by atoms with Crippen molar-refractivity contribution in [2.24, 2.45) is 11.7 Å². The summed E-state index contributed by atoms with van der Waals surface area (Å²) in [6, 6.07) is 6.02. The molecule has 10 heavy (non-hydrogen) atoms. The number of nitrogens with two attached hydrogens (primary N) is 2. The van der Waals surface area contributed by atoms with E-state index in [0.29, 0.717) is 0 Å². The first-order valence-corrected chi connectivity index (χ1v) is 2.89. The predicted octanol–water partition coefficient (Wildman–Crippen LogP) is 1.56. The van der Waals surface area contributed by atoms with Crippen molar-refractivity contribution in [3.05, 3.63) is 23.2 Å². The van der Waals surface area contributed by atoms with Crippen molar-refractivity contribution < 1.29 is 0 Å². The molecule has 0 bridgehead atoms. The van der Waals surface area contributed by atoms with Crippen LogP contribution in [0, 0.1) is 0 Å². The Hall–Kier alpha value is -0.280. The highest BCUT2D eigenvalue weighted by Crippen LogP contribution is 2.40. The Labute approximate surface area is 70.5 Å². The summed E-state index contributed by atoms with van der Waals surface area (Å²) in [6.07, 6.45) is 0. The highest BCUT2D eigenvalue weighted by molar-refractivity contribution is 6.35. The molecule has 0 amide bonds. The van der Waals surface area contributed by atoms with Crippen LogP contribution in [0.3, 0.4) is 0 Å². The van der Waals surface area contributed by atoms with Crippen molar-refractivity contribution >= 4 is 24.0 Å². The topological polar surface area (TPSA) is 52.0 Å². The summed E-state index contributed by atoms with van der Waals surface area (Å²) < 4.78 is 0. The summed E-state index contributed by atoms with van der Waals surface area (Å²) in [6.45, 7) is 0. The Morgan fingerprint density at radius 2 is 1.80 bits per heavy atom. The van der Waals surface area contributed by atoms with E-state index in [0.717, 1.165) is 5.02 Å². The zero-order valence-corrected chi connectivity index (χ0v) is 6.75. The van der Waals surface area contributed by atoms with Crippen LogP contribution in [0.15, 0.2) is 18.2 Å². The summed E-state index contributed by atoms with van der Waals surface area (Å²) in [4.78, 5) is 0. The molecule has 0 fully saturated rings. The van der Waals surface area contributed by atoms with Crippen LogP contribution in [0.5, 0.6) is 0 Å². The Bertz CT molecular complexity index is 225. The number of benzene rings is 1. The van der Waals surface area contributed by atoms with Gasteiger partial charge in [-0.25, -0.2) is 0 Å². The van der Waals surface area contributed by atoms with Crippen molar-refractivity contribution in [1.29, 1.82) is 0 Å². The lowest BCUT2D eigenvalue weighted by atomic mass is 10.5. The van der Waals surface area contributed by atoms with Gasteiger partial charge >= 0.3 is 0 Å². The number of fused-ring (bicyclic) bond motifs is 1. The average molecular weight is 179 g/mol. The molecule has 2 aliphatic rings. The van der Waals surface area contributed by atoms with E-state index in [4.69, 9.17) is 11.6 Å². The van der Waals surface area contributed by atoms with Crippen molar-refractivity contribution in [2.45, 2.75) is 0 Å². The molecule has 2 nitrogen and oxygen atoms in total. The van der Waals surface area contributed by atoms with Crippen molar-refractivity contribution in [2.75, 3.05) is 0 Å². The van der Waals surface area contributed by atoms with Gasteiger partial charge in [0.05, 0.1) is 0 Å². The summed E-state index contributed by atoms with van der Waals surface area (Å²) in [5.41, 5.74) is 2.55. The van der Waals surface area contributed by atoms with Gasteiger partial charge in [0.25, 0.3) is 0 Å². The van der Waals surface area contributed by atoms with E-state index in [1.807, 2.05) is 12.1 Å². The quantitative estimate of drug-likeness (QED) is 0.476. The molecule has 0 aliphatic heterocycles. The third-order valence-corrected chi connectivity index (χ3v) is 1.52. The van der Waals surface area contributed by atoms with Crippen LogP contribution in [0.4, 0.5) is 0 Å². The lowest BCUT2D eigenvalue weighted by Gasteiger charge is -1.68. The molecular weight excluding hydrogens is 171 g/mol. The molecular formula is C6H8Cl2N2. The molecule has 4 N–H and O–H groups in total. The summed E-state index contributed by atoms with van der Waals surface area (Å²) >= 11 is 5.65. The molecule has 0 heterocycles. The number of hydrazine groups is 1. The lowest BCUT2D eigenvalue weighted by Crippen LogP contribution is -2.02. The standard InChI is InChI=1S/C6H3Cl.ClH.H4N2/c7-6-2-1-4-3-5(4)6;;1-2/h1-3H;1H;1-2H2. The van der Waals surface area contributed by atoms with Crippen LogP contribution in [0.25, 0.3) is 11.1 Å². The van der Waals surface area contributed by atoms with E-state index in [1.165, 1.54) is 11.1 Å². The molecule has 0 unspecified atom stereocenters. The second-order valence-corrected chi connectivity index (χ2v) is 2.10. The third kappa shape index (κ3) is 1.61. The first-order chi connectivity index (χ1) is 4.38. The van der Waals surface area contributed by atoms with Gasteiger partial charge in [0, 0.05) is 10.6 Å². The fourth-order valence-electron chi connectivity index (χ4n) is 0.717. The van der Waals surface area contributed by atoms with Gasteiger partial charge in [0.2, 0.25) is 0 Å². The Morgan fingerprint density at radius 3 is 1.90 bits per heavy atom. The minimum atomic E-state index is 0. The van der Waals surface area contributed by atoms with Gasteiger partial charge in [0.15, 0.2) is 0 Å². The summed E-state index contributed by atoms with van der Waals surface area (Å²) in [7, 11) is 0. The zero-order valence-electron chi connectivity index (χ0n) is 5.17. The molecule has 0 saturated carbocycles. The third-order valence-electron chi connectivity index (χ3n) is 1.19. The molecule has 0 aromatic rings. The van der Waals surface area contributed by atoms with Gasteiger partial charge in [-0.2, -0.15) is 0 Å². The SMILES string of the molecule is Cl.Clc1ccc2cc1-2.NN. The molecule has 4 heteroatoms. The van der Waals surface area contributed by atoms with Gasteiger partial charge < -0.3 is 0 Å². The maximum atomic E-state index is 5.65. The highest BCUT2D eigenvalue weighted by Gasteiger charge is 2.14. The maximum absolute atomic E-state index is 5.65. The molecule has 0 radical (unpaired) electrons. The minimum Gasteiger partial charge on any atom is -0.274 e. The van der Waals surface area contributed by atoms with Crippen LogP contribution >= 0.6 is 24.0 Å². The normalized spacial score (nSPS) is 8.70. The number of hydrogen-bond acceptors (Lipinski definition) is 2. The summed E-state index contributed by atoms with van der Waals surface area (Å²) in [5, 5.41) is 0.898. The van der Waals surface area contributed by atoms with E-state index in [9.17, 15) is 0 Å². The first-order valence-electron chi connectivity index (χ1n) is 2.51. The van der Waals surface area contributed by atoms with E-state index >= 15 is 0 Å². The van der Waals surface area contributed by atoms with Crippen LogP contribution in [-0.4, -0.2) is 0 Å². The minimum absolute atomic E-state index is 0. The molecule has 0 spiro atoms. The van der Waals surface area contributed by atoms with Crippen LogP contribution in [-0.2, 0) is 0 Å². The fourth-order valence-corrected chi connectivity index (χ4v) is 0.944. The summed E-state index contributed by atoms with van der Waals surface area (Å²) in [5.74, 6) is 8.00. The lowest BCUT2D eigenvalue weighted by molar-refractivity contribution is 1.26. The van der Waals surface area contributed by atoms with Crippen molar-refractivity contribution in [1.82, 2.24) is 0 Å². The predicted molar refractivity (Wildman–Crippen MR) is 46.1 cm³/mol. The largest absolute Gasteiger partial charge is 0.274 e. The first kappa shape index (κ1) is 9.72. The fraction of sp³-hybridized carbons (Fsp3) is 0. The van der Waals surface area contributed by atoms with E-state index in [2.05, 4.69) is 17.8 Å². The number of halogens is 2. The molecule has 2 rings (SSSR count). The highest BCUT2D eigenvalue weighted by atomic mass is 35.5. The van der Waals surface area contributed by atoms with Crippen LogP contribution in [0.1, 0.15) is 0 Å². The maximum Gasteiger partial charge on any atom is 0.0484 e. The molecule has 56 valence electrons. The van der Waals surface area contributed by atoms with Crippen molar-refractivity contribution in [3.8, 4) is 11.1 Å². The van der Waals surface area contributed by atoms with Gasteiger partial charge in [-0.1, -0.05) is 17.7 Å².